The average molecular weight is 273 g/mol. The van der Waals surface area contributed by atoms with E-state index in [4.69, 9.17) is 10.5 Å². The second kappa shape index (κ2) is 6.58. The topological polar surface area (TPSA) is 103 Å². The number of carbonyl (C=O) groups is 1. The van der Waals surface area contributed by atoms with Crippen LogP contribution in [0, 0.1) is 0 Å². The number of nitrogens with two attached hydrogens (primary N) is 1. The van der Waals surface area contributed by atoms with E-state index >= 15 is 0 Å². The van der Waals surface area contributed by atoms with Crippen LogP contribution in [0.15, 0.2) is 30.6 Å². The maximum Gasteiger partial charge on any atom is 0.252 e. The molecule has 0 spiro atoms. The first-order valence-electron chi connectivity index (χ1n) is 6.03. The minimum Gasteiger partial charge on any atom is -0.384 e. The average Bonchev–Trinajstić information content (AvgIpc) is 2.46. The maximum absolute atomic E-state index is 11.3. The van der Waals surface area contributed by atoms with E-state index in [1.165, 1.54) is 6.20 Å². The molecular weight excluding hydrogens is 258 g/mol. The highest BCUT2D eigenvalue weighted by Gasteiger charge is 2.12. The molecule has 0 atom stereocenters. The van der Waals surface area contributed by atoms with E-state index < -0.39 is 5.91 Å². The van der Waals surface area contributed by atoms with Crippen molar-refractivity contribution < 1.29 is 9.53 Å². The number of rotatable bonds is 6. The molecule has 104 valence electrons. The highest BCUT2D eigenvalue weighted by atomic mass is 16.5. The molecule has 0 aliphatic carbocycles. The van der Waals surface area contributed by atoms with Crippen molar-refractivity contribution in [2.75, 3.05) is 19.0 Å². The van der Waals surface area contributed by atoms with Crippen molar-refractivity contribution in [1.29, 1.82) is 0 Å². The highest BCUT2D eigenvalue weighted by molar-refractivity contribution is 5.93. The lowest BCUT2D eigenvalue weighted by Crippen LogP contribution is -2.17. The van der Waals surface area contributed by atoms with Crippen LogP contribution in [-0.4, -0.2) is 34.6 Å². The van der Waals surface area contributed by atoms with Crippen LogP contribution in [0.2, 0.25) is 0 Å². The minimum absolute atomic E-state index is 0.300. The number of nitrogens with one attached hydrogen (secondary N) is 1. The fraction of sp³-hybridized carbons (Fsp3) is 0.231. The summed E-state index contributed by atoms with van der Waals surface area (Å²) in [7, 11) is 1.58. The van der Waals surface area contributed by atoms with E-state index in [-0.39, 0.29) is 0 Å². The van der Waals surface area contributed by atoms with Gasteiger partial charge in [-0.05, 0) is 12.1 Å². The zero-order valence-electron chi connectivity index (χ0n) is 11.0. The van der Waals surface area contributed by atoms with Crippen LogP contribution in [-0.2, 0) is 11.2 Å². The zero-order chi connectivity index (χ0) is 14.4. The van der Waals surface area contributed by atoms with Gasteiger partial charge in [0.15, 0.2) is 0 Å². The van der Waals surface area contributed by atoms with Gasteiger partial charge in [-0.2, -0.15) is 0 Å². The van der Waals surface area contributed by atoms with Crippen LogP contribution in [0.25, 0.3) is 0 Å². The predicted molar refractivity (Wildman–Crippen MR) is 73.6 cm³/mol. The highest BCUT2D eigenvalue weighted by Crippen LogP contribution is 2.12. The van der Waals surface area contributed by atoms with Crippen LogP contribution < -0.4 is 11.1 Å². The minimum atomic E-state index is -0.555. The molecule has 0 fully saturated rings. The van der Waals surface area contributed by atoms with Gasteiger partial charge in [-0.15, -0.1) is 0 Å². The number of methoxy groups -OCH3 is 1. The van der Waals surface area contributed by atoms with E-state index in [1.807, 2.05) is 12.1 Å². The first kappa shape index (κ1) is 13.9. The molecule has 2 rings (SSSR count). The van der Waals surface area contributed by atoms with Crippen LogP contribution in [0.1, 0.15) is 16.1 Å². The molecule has 0 unspecified atom stereocenters. The number of amides is 1. The first-order chi connectivity index (χ1) is 9.70. The Labute approximate surface area is 116 Å². The fourth-order valence-electron chi connectivity index (χ4n) is 1.62. The Morgan fingerprint density at radius 3 is 2.90 bits per heavy atom. The molecule has 1 amide bonds. The summed E-state index contributed by atoms with van der Waals surface area (Å²) in [4.78, 5) is 23.8. The number of pyridine rings is 1. The van der Waals surface area contributed by atoms with Crippen molar-refractivity contribution in [3.8, 4) is 0 Å². The Balaban J connectivity index is 2.24. The Hall–Kier alpha value is -2.54. The van der Waals surface area contributed by atoms with Crippen molar-refractivity contribution in [1.82, 2.24) is 15.0 Å². The monoisotopic (exact) mass is 273 g/mol. The van der Waals surface area contributed by atoms with Gasteiger partial charge >= 0.3 is 0 Å². The molecule has 0 saturated heterocycles. The number of aromatic nitrogens is 3. The van der Waals surface area contributed by atoms with Crippen LogP contribution in [0.4, 0.5) is 11.8 Å². The molecule has 2 heterocycles. The van der Waals surface area contributed by atoms with E-state index in [0.717, 1.165) is 0 Å². The number of carbonyl (C=O) groups excluding carboxylic acids is 1. The Bertz CT molecular complexity index is 589. The third-order valence-electron chi connectivity index (χ3n) is 2.58. The molecule has 7 nitrogen and oxygen atoms in total. The molecule has 0 bridgehead atoms. The van der Waals surface area contributed by atoms with Crippen LogP contribution >= 0.6 is 0 Å². The number of primary amides is 1. The number of ether oxygens (including phenoxy) is 1. The smallest absolute Gasteiger partial charge is 0.252 e. The summed E-state index contributed by atoms with van der Waals surface area (Å²) in [6.45, 7) is 0.445. The summed E-state index contributed by atoms with van der Waals surface area (Å²) in [5, 5.41) is 2.96. The fourth-order valence-corrected chi connectivity index (χ4v) is 1.62. The normalized spacial score (nSPS) is 10.2. The summed E-state index contributed by atoms with van der Waals surface area (Å²) >= 11 is 0. The second-order valence-electron chi connectivity index (χ2n) is 4.00. The lowest BCUT2D eigenvalue weighted by molar-refractivity contribution is 0.0998. The Kier molecular flexibility index (Phi) is 4.56. The number of nitrogens with zero attached hydrogens (tertiary/aromatic N) is 3. The second-order valence-corrected chi connectivity index (χ2v) is 4.00. The van der Waals surface area contributed by atoms with Gasteiger partial charge in [0.1, 0.15) is 5.82 Å². The van der Waals surface area contributed by atoms with Crippen LogP contribution in [0.3, 0.4) is 0 Å². The maximum atomic E-state index is 11.3. The Morgan fingerprint density at radius 1 is 1.40 bits per heavy atom. The van der Waals surface area contributed by atoms with E-state index in [0.29, 0.717) is 36.1 Å². The molecule has 2 aromatic heterocycles. The van der Waals surface area contributed by atoms with E-state index in [9.17, 15) is 4.79 Å². The molecule has 0 aliphatic rings. The third-order valence-corrected chi connectivity index (χ3v) is 2.58. The molecule has 0 radical (unpaired) electrons. The molecular formula is C13H15N5O2. The summed E-state index contributed by atoms with van der Waals surface area (Å²) in [6.07, 6.45) is 3.55. The number of hydrogen-bond donors (Lipinski definition) is 2. The van der Waals surface area contributed by atoms with Crippen molar-refractivity contribution in [3.63, 3.8) is 0 Å². The lowest BCUT2D eigenvalue weighted by Gasteiger charge is -2.08. The van der Waals surface area contributed by atoms with Crippen molar-refractivity contribution in [2.24, 2.45) is 5.73 Å². The van der Waals surface area contributed by atoms with Gasteiger partial charge in [-0.25, -0.2) is 15.0 Å². The number of anilines is 2. The number of hydrogen-bond acceptors (Lipinski definition) is 6. The molecule has 20 heavy (non-hydrogen) atoms. The van der Waals surface area contributed by atoms with Gasteiger partial charge in [-0.1, -0.05) is 6.07 Å². The SMILES string of the molecule is COCCc1nc(Nc2ccccn2)ncc1C(N)=O. The zero-order valence-corrected chi connectivity index (χ0v) is 11.0. The summed E-state index contributed by atoms with van der Waals surface area (Å²) in [6, 6.07) is 5.45. The molecule has 0 aromatic carbocycles. The Morgan fingerprint density at radius 2 is 2.25 bits per heavy atom. The molecule has 3 N–H and O–H groups in total. The molecule has 7 heteroatoms. The predicted octanol–water partition coefficient (Wildman–Crippen LogP) is 0.903. The molecule has 0 aliphatic heterocycles. The van der Waals surface area contributed by atoms with Gasteiger partial charge in [0.2, 0.25) is 5.95 Å². The first-order valence-corrected chi connectivity index (χ1v) is 6.03. The van der Waals surface area contributed by atoms with Gasteiger partial charge in [-0.3, -0.25) is 4.79 Å². The van der Waals surface area contributed by atoms with Crippen molar-refractivity contribution in [3.05, 3.63) is 41.9 Å². The molecule has 2 aromatic rings. The quantitative estimate of drug-likeness (QED) is 0.810. The summed E-state index contributed by atoms with van der Waals surface area (Å²) in [5.41, 5.74) is 6.14. The van der Waals surface area contributed by atoms with E-state index in [1.54, 1.807) is 19.4 Å². The summed E-state index contributed by atoms with van der Waals surface area (Å²) < 4.78 is 4.99. The lowest BCUT2D eigenvalue weighted by atomic mass is 10.2. The van der Waals surface area contributed by atoms with Gasteiger partial charge in [0.05, 0.1) is 17.9 Å². The standard InChI is InChI=1S/C13H15N5O2/c1-20-7-5-10-9(12(14)19)8-16-13(17-10)18-11-4-2-3-6-15-11/h2-4,6,8H,5,7H2,1H3,(H2,14,19)(H,15,16,17,18). The van der Waals surface area contributed by atoms with Crippen molar-refractivity contribution >= 4 is 17.7 Å². The van der Waals surface area contributed by atoms with Crippen molar-refractivity contribution in [2.45, 2.75) is 6.42 Å². The summed E-state index contributed by atoms with van der Waals surface area (Å²) in [5.74, 6) is 0.428. The third kappa shape index (κ3) is 3.48. The van der Waals surface area contributed by atoms with Gasteiger partial charge in [0.25, 0.3) is 5.91 Å². The largest absolute Gasteiger partial charge is 0.384 e. The van der Waals surface area contributed by atoms with Gasteiger partial charge in [0, 0.05) is 25.9 Å². The van der Waals surface area contributed by atoms with Crippen LogP contribution in [0.5, 0.6) is 0 Å². The molecule has 0 saturated carbocycles. The van der Waals surface area contributed by atoms with E-state index in [2.05, 4.69) is 20.3 Å². The van der Waals surface area contributed by atoms with Gasteiger partial charge < -0.3 is 15.8 Å².